The molecule has 0 spiro atoms. The average molecular weight is 858 g/mol. The lowest BCUT2D eigenvalue weighted by Crippen LogP contribution is -2.71. The molecule has 0 aromatic heterocycles. The molecule has 4 aliphatic rings. The molecule has 0 bridgehead atoms. The molecule has 0 radical (unpaired) electrons. The number of benzene rings is 2. The highest BCUT2D eigenvalue weighted by atomic mass is 16.6. The summed E-state index contributed by atoms with van der Waals surface area (Å²) in [6.07, 6.45) is 4.32. The van der Waals surface area contributed by atoms with Crippen molar-refractivity contribution in [3.63, 3.8) is 0 Å². The monoisotopic (exact) mass is 857 g/mol. The van der Waals surface area contributed by atoms with Gasteiger partial charge in [-0.15, -0.1) is 0 Å². The number of rotatable bonds is 16. The summed E-state index contributed by atoms with van der Waals surface area (Å²) in [7, 11) is 7.58. The minimum absolute atomic E-state index is 0.0470. The fraction of sp³-hybridized carbons (Fsp3) is 0.625. The van der Waals surface area contributed by atoms with Crippen LogP contribution >= 0.6 is 0 Å². The number of fused-ring (bicyclic) bond motifs is 3. The predicted molar refractivity (Wildman–Crippen MR) is 234 cm³/mol. The second kappa shape index (κ2) is 18.8. The Labute approximate surface area is 366 Å². The Morgan fingerprint density at radius 2 is 1.37 bits per heavy atom. The molecule has 1 saturated heterocycles. The Hall–Kier alpha value is -4.98. The van der Waals surface area contributed by atoms with Crippen LogP contribution in [-0.4, -0.2) is 150 Å². The van der Waals surface area contributed by atoms with E-state index < -0.39 is 71.9 Å². The van der Waals surface area contributed by atoms with Gasteiger partial charge in [0.05, 0.1) is 25.2 Å². The van der Waals surface area contributed by atoms with Crippen LogP contribution < -0.4 is 0 Å². The molecular weight excluding hydrogens is 791 g/mol. The van der Waals surface area contributed by atoms with Gasteiger partial charge >= 0.3 is 12.1 Å². The number of carboxylic acids is 1. The molecule has 14 heteroatoms. The first-order valence-electron chi connectivity index (χ1n) is 22.4. The van der Waals surface area contributed by atoms with Gasteiger partial charge in [-0.2, -0.15) is 0 Å². The van der Waals surface area contributed by atoms with Gasteiger partial charge in [0, 0.05) is 47.6 Å². The summed E-state index contributed by atoms with van der Waals surface area (Å²) >= 11 is 0. The van der Waals surface area contributed by atoms with E-state index in [4.69, 9.17) is 9.47 Å². The van der Waals surface area contributed by atoms with Crippen LogP contribution in [0, 0.1) is 11.3 Å². The number of likely N-dealkylation sites (tertiary alicyclic amines) is 1. The molecule has 5 amide bonds. The van der Waals surface area contributed by atoms with Crippen molar-refractivity contribution in [3.05, 3.63) is 59.7 Å². The van der Waals surface area contributed by atoms with Crippen molar-refractivity contribution in [2.45, 2.75) is 134 Å². The minimum atomic E-state index is -1.35. The molecule has 62 heavy (non-hydrogen) atoms. The molecule has 6 rings (SSSR count). The third-order valence-corrected chi connectivity index (χ3v) is 14.1. The molecule has 1 heterocycles. The molecular formula is C48H67N5O9. The van der Waals surface area contributed by atoms with E-state index >= 15 is 9.59 Å². The summed E-state index contributed by atoms with van der Waals surface area (Å²) in [4.78, 5) is 91.1. The van der Waals surface area contributed by atoms with E-state index in [1.165, 1.54) is 40.7 Å². The van der Waals surface area contributed by atoms with Crippen LogP contribution in [0.2, 0.25) is 0 Å². The number of nitrogens with zero attached hydrogens (tertiary/aromatic N) is 5. The van der Waals surface area contributed by atoms with E-state index in [0.29, 0.717) is 25.7 Å². The SMILES string of the molecule is CCC(CC)[C@@H](C(=O)N(C)[C@@H](CC(=O)O)C(=O)N(C)C)N(C)C(=O)C1(N(C)C(=O)[C@@H]2C[C@@H](OC3CCCC3)CN2C(=O)OCC2c3ccccc3-c3ccccc32)CC(C)(C)C1. The van der Waals surface area contributed by atoms with E-state index in [2.05, 4.69) is 24.3 Å². The van der Waals surface area contributed by atoms with E-state index in [1.807, 2.05) is 52.0 Å². The molecule has 14 nitrogen and oxygen atoms in total. The summed E-state index contributed by atoms with van der Waals surface area (Å²) in [5.74, 6) is -3.68. The van der Waals surface area contributed by atoms with Gasteiger partial charge in [-0.05, 0) is 59.3 Å². The van der Waals surface area contributed by atoms with Crippen LogP contribution in [0.3, 0.4) is 0 Å². The summed E-state index contributed by atoms with van der Waals surface area (Å²) < 4.78 is 12.7. The van der Waals surface area contributed by atoms with Gasteiger partial charge < -0.3 is 34.2 Å². The van der Waals surface area contributed by atoms with E-state index in [1.54, 1.807) is 14.1 Å². The van der Waals surface area contributed by atoms with Crippen LogP contribution in [0.5, 0.6) is 0 Å². The van der Waals surface area contributed by atoms with Crippen molar-refractivity contribution >= 4 is 35.7 Å². The molecule has 4 atom stereocenters. The fourth-order valence-electron chi connectivity index (χ4n) is 10.9. The van der Waals surface area contributed by atoms with Gasteiger partial charge in [-0.25, -0.2) is 4.79 Å². The molecule has 2 aromatic carbocycles. The summed E-state index contributed by atoms with van der Waals surface area (Å²) in [5, 5.41) is 9.72. The number of aliphatic carboxylic acids is 1. The number of likely N-dealkylation sites (N-methyl/N-ethyl adjacent to an activating group) is 4. The summed E-state index contributed by atoms with van der Waals surface area (Å²) in [6.45, 7) is 8.16. The standard InChI is InChI=1S/C48H67N5O9/c1-10-30(11-2)41(44(58)50(7)38(25-40(54)55)42(56)49(5)6)51(8)45(59)48(28-47(3,4)29-48)52(9)43(57)39-24-32(62-31-18-12-13-19-31)26-53(39)46(60)61-27-37-35-22-16-14-20-33(35)34-21-15-17-23-36(34)37/h14-17,20-23,30-32,37-39,41H,10-13,18-19,24-29H2,1-9H3,(H,54,55)/t32-,38+,39+,41+/m1/s1. The quantitative estimate of drug-likeness (QED) is 0.214. The number of amides is 5. The Kier molecular flexibility index (Phi) is 14.1. The molecule has 0 unspecified atom stereocenters. The Bertz CT molecular complexity index is 1960. The first-order valence-corrected chi connectivity index (χ1v) is 22.4. The van der Waals surface area contributed by atoms with Crippen molar-refractivity contribution in [1.29, 1.82) is 0 Å². The Balaban J connectivity index is 1.27. The molecule has 2 saturated carbocycles. The molecule has 338 valence electrons. The highest BCUT2D eigenvalue weighted by Gasteiger charge is 2.61. The first kappa shape index (κ1) is 46.5. The van der Waals surface area contributed by atoms with Crippen molar-refractivity contribution < 1.29 is 43.3 Å². The summed E-state index contributed by atoms with van der Waals surface area (Å²) in [5.41, 5.74) is 2.69. The van der Waals surface area contributed by atoms with Gasteiger partial charge in [-0.1, -0.05) is 102 Å². The number of hydrogen-bond donors (Lipinski definition) is 1. The van der Waals surface area contributed by atoms with Crippen LogP contribution in [0.4, 0.5) is 4.79 Å². The van der Waals surface area contributed by atoms with E-state index in [0.717, 1.165) is 52.8 Å². The highest BCUT2D eigenvalue weighted by molar-refractivity contribution is 5.98. The second-order valence-corrected chi connectivity index (χ2v) is 19.1. The zero-order valence-electron chi connectivity index (χ0n) is 38.1. The van der Waals surface area contributed by atoms with Gasteiger partial charge in [0.1, 0.15) is 30.3 Å². The van der Waals surface area contributed by atoms with Crippen LogP contribution in [-0.2, 0) is 33.4 Å². The van der Waals surface area contributed by atoms with Crippen LogP contribution in [0.1, 0.15) is 109 Å². The van der Waals surface area contributed by atoms with Gasteiger partial charge in [-0.3, -0.25) is 28.9 Å². The predicted octanol–water partition coefficient (Wildman–Crippen LogP) is 6.01. The number of ether oxygens (including phenoxy) is 2. The minimum Gasteiger partial charge on any atom is -0.481 e. The molecule has 1 aliphatic heterocycles. The van der Waals surface area contributed by atoms with E-state index in [9.17, 15) is 24.3 Å². The van der Waals surface area contributed by atoms with Crippen molar-refractivity contribution in [2.24, 2.45) is 11.3 Å². The lowest BCUT2D eigenvalue weighted by molar-refractivity contribution is -0.174. The maximum absolute atomic E-state index is 15.2. The number of carboxylic acid groups (broad SMARTS) is 1. The van der Waals surface area contributed by atoms with Crippen LogP contribution in [0.25, 0.3) is 11.1 Å². The Morgan fingerprint density at radius 3 is 1.89 bits per heavy atom. The molecule has 1 N–H and O–H groups in total. The zero-order chi connectivity index (χ0) is 45.3. The maximum atomic E-state index is 15.2. The van der Waals surface area contributed by atoms with E-state index in [-0.39, 0.29) is 42.9 Å². The van der Waals surface area contributed by atoms with Gasteiger partial charge in [0.15, 0.2) is 0 Å². The van der Waals surface area contributed by atoms with Crippen LogP contribution in [0.15, 0.2) is 48.5 Å². The maximum Gasteiger partial charge on any atom is 0.410 e. The lowest BCUT2D eigenvalue weighted by Gasteiger charge is -2.58. The zero-order valence-corrected chi connectivity index (χ0v) is 38.1. The normalized spacial score (nSPS) is 21.0. The molecule has 2 aromatic rings. The molecule has 3 aliphatic carbocycles. The van der Waals surface area contributed by atoms with Gasteiger partial charge in [0.2, 0.25) is 23.6 Å². The summed E-state index contributed by atoms with van der Waals surface area (Å²) in [6, 6.07) is 12.9. The third-order valence-electron chi connectivity index (χ3n) is 14.1. The van der Waals surface area contributed by atoms with Crippen molar-refractivity contribution in [1.82, 2.24) is 24.5 Å². The fourth-order valence-corrected chi connectivity index (χ4v) is 10.9. The Morgan fingerprint density at radius 1 is 0.806 bits per heavy atom. The largest absolute Gasteiger partial charge is 0.481 e. The highest BCUT2D eigenvalue weighted by Crippen LogP contribution is 2.53. The third kappa shape index (κ3) is 9.07. The average Bonchev–Trinajstić information content (AvgIpc) is 3.99. The first-order chi connectivity index (χ1) is 29.3. The second-order valence-electron chi connectivity index (χ2n) is 19.1. The molecule has 3 fully saturated rings. The number of carbonyl (C=O) groups excluding carboxylic acids is 5. The number of hydrogen-bond acceptors (Lipinski definition) is 8. The lowest BCUT2D eigenvalue weighted by atomic mass is 9.57. The van der Waals surface area contributed by atoms with Crippen molar-refractivity contribution in [3.8, 4) is 11.1 Å². The van der Waals surface area contributed by atoms with Gasteiger partial charge in [0.25, 0.3) is 0 Å². The van der Waals surface area contributed by atoms with Crippen molar-refractivity contribution in [2.75, 3.05) is 48.4 Å². The smallest absolute Gasteiger partial charge is 0.410 e. The number of carbonyl (C=O) groups is 6. The topological polar surface area (TPSA) is 157 Å².